The number of aromatic nitrogens is 1. The number of nitrogens with zero attached hydrogens (tertiary/aromatic N) is 1. The van der Waals surface area contributed by atoms with Crippen LogP contribution in [0.2, 0.25) is 0 Å². The van der Waals surface area contributed by atoms with E-state index in [1.165, 1.54) is 0 Å². The Balaban J connectivity index is 1.56. The molecule has 0 bridgehead atoms. The lowest BCUT2D eigenvalue weighted by Gasteiger charge is -2.17. The molecule has 0 unspecified atom stereocenters. The molecule has 1 aromatic heterocycles. The number of aryl methyl sites for hydroxylation is 2. The quantitative estimate of drug-likeness (QED) is 0.685. The first-order chi connectivity index (χ1) is 13.5. The topological polar surface area (TPSA) is 62.4 Å². The average Bonchev–Trinajstić information content (AvgIpc) is 2.70. The van der Waals surface area contributed by atoms with Crippen molar-refractivity contribution in [3.63, 3.8) is 0 Å². The maximum Gasteiger partial charge on any atom is 0.251 e. The number of carbonyl (C=O) groups excluding carboxylic acids is 1. The van der Waals surface area contributed by atoms with E-state index in [4.69, 9.17) is 4.74 Å². The number of fused-ring (bicyclic) bond motifs is 1. The molecule has 3 aromatic rings. The summed E-state index contributed by atoms with van der Waals surface area (Å²) in [6.45, 7) is 2.63. The van der Waals surface area contributed by atoms with Crippen molar-refractivity contribution in [3.05, 3.63) is 75.6 Å². The van der Waals surface area contributed by atoms with Gasteiger partial charge in [0.2, 0.25) is 5.91 Å². The molecule has 1 N–H and O–H groups in total. The highest BCUT2D eigenvalue weighted by atomic mass is 16.5. The number of benzene rings is 2. The first kappa shape index (κ1) is 19.7. The van der Waals surface area contributed by atoms with Gasteiger partial charge in [0, 0.05) is 31.1 Å². The number of pyridine rings is 1. The largest absolute Gasteiger partial charge is 0.497 e. The molecule has 0 saturated heterocycles. The van der Waals surface area contributed by atoms with Crippen LogP contribution in [0.4, 0.5) is 0 Å². The van der Waals surface area contributed by atoms with Crippen LogP contribution < -0.4 is 10.3 Å². The van der Waals surface area contributed by atoms with E-state index in [9.17, 15) is 9.59 Å². The lowest BCUT2D eigenvalue weighted by atomic mass is 10.1. The van der Waals surface area contributed by atoms with Crippen LogP contribution >= 0.6 is 0 Å². The SMILES string of the molecule is COc1ccc(CCN(C)C(=O)CCc2cc3ccc(C)cc3[nH]c2=O)cc1. The van der Waals surface area contributed by atoms with Gasteiger partial charge in [0.05, 0.1) is 7.11 Å². The van der Waals surface area contributed by atoms with Gasteiger partial charge in [0.1, 0.15) is 5.75 Å². The van der Waals surface area contributed by atoms with Gasteiger partial charge in [-0.25, -0.2) is 0 Å². The Morgan fingerprint density at radius 3 is 2.54 bits per heavy atom. The Morgan fingerprint density at radius 1 is 1.07 bits per heavy atom. The molecule has 28 heavy (non-hydrogen) atoms. The third-order valence-electron chi connectivity index (χ3n) is 5.01. The minimum absolute atomic E-state index is 0.0388. The van der Waals surface area contributed by atoms with E-state index in [-0.39, 0.29) is 11.5 Å². The van der Waals surface area contributed by atoms with E-state index >= 15 is 0 Å². The molecule has 3 rings (SSSR count). The van der Waals surface area contributed by atoms with Gasteiger partial charge in [-0.1, -0.05) is 24.3 Å². The van der Waals surface area contributed by atoms with Crippen LogP contribution in [-0.4, -0.2) is 36.5 Å². The summed E-state index contributed by atoms with van der Waals surface area (Å²) in [6, 6.07) is 15.7. The van der Waals surface area contributed by atoms with Gasteiger partial charge in [-0.15, -0.1) is 0 Å². The highest BCUT2D eigenvalue weighted by molar-refractivity contribution is 5.80. The fourth-order valence-electron chi connectivity index (χ4n) is 3.19. The van der Waals surface area contributed by atoms with E-state index in [1.54, 1.807) is 19.1 Å². The predicted octanol–water partition coefficient (Wildman–Crippen LogP) is 3.48. The standard InChI is InChI=1S/C23H26N2O3/c1-16-4-7-18-15-19(23(27)24-21(18)14-16)8-11-22(26)25(2)13-12-17-5-9-20(28-3)10-6-17/h4-7,9-10,14-15H,8,11-13H2,1-3H3,(H,24,27). The molecule has 0 aliphatic carbocycles. The molecule has 2 aromatic carbocycles. The minimum Gasteiger partial charge on any atom is -0.497 e. The lowest BCUT2D eigenvalue weighted by molar-refractivity contribution is -0.129. The third kappa shape index (κ3) is 4.80. The van der Waals surface area contributed by atoms with E-state index < -0.39 is 0 Å². The lowest BCUT2D eigenvalue weighted by Crippen LogP contribution is -2.29. The van der Waals surface area contributed by atoms with Crippen LogP contribution in [0.25, 0.3) is 10.9 Å². The third-order valence-corrected chi connectivity index (χ3v) is 5.01. The average molecular weight is 378 g/mol. The first-order valence-corrected chi connectivity index (χ1v) is 9.46. The zero-order chi connectivity index (χ0) is 20.1. The molecule has 0 spiro atoms. The number of carbonyl (C=O) groups is 1. The van der Waals surface area contributed by atoms with Gasteiger partial charge in [0.15, 0.2) is 0 Å². The first-order valence-electron chi connectivity index (χ1n) is 9.46. The zero-order valence-electron chi connectivity index (χ0n) is 16.6. The van der Waals surface area contributed by atoms with Crippen molar-refractivity contribution < 1.29 is 9.53 Å². The second-order valence-corrected chi connectivity index (χ2v) is 7.13. The number of rotatable bonds is 7. The maximum atomic E-state index is 12.5. The maximum absolute atomic E-state index is 12.5. The van der Waals surface area contributed by atoms with E-state index in [1.807, 2.05) is 55.5 Å². The highest BCUT2D eigenvalue weighted by Gasteiger charge is 2.11. The van der Waals surface area contributed by atoms with Crippen molar-refractivity contribution in [3.8, 4) is 5.75 Å². The molecule has 1 amide bonds. The van der Waals surface area contributed by atoms with Crippen molar-refractivity contribution in [2.24, 2.45) is 0 Å². The molecular weight excluding hydrogens is 352 g/mol. The predicted molar refractivity (Wildman–Crippen MR) is 112 cm³/mol. The van der Waals surface area contributed by atoms with Gasteiger partial charge in [-0.05, 0) is 60.5 Å². The number of aromatic amines is 1. The van der Waals surface area contributed by atoms with Gasteiger partial charge >= 0.3 is 0 Å². The number of hydrogen-bond donors (Lipinski definition) is 1. The molecule has 5 nitrogen and oxygen atoms in total. The number of ether oxygens (including phenoxy) is 1. The molecule has 0 aliphatic heterocycles. The Hall–Kier alpha value is -3.08. The molecule has 1 heterocycles. The summed E-state index contributed by atoms with van der Waals surface area (Å²) in [6.07, 6.45) is 1.53. The second-order valence-electron chi connectivity index (χ2n) is 7.13. The molecule has 0 atom stereocenters. The van der Waals surface area contributed by atoms with Crippen LogP contribution in [-0.2, 0) is 17.6 Å². The Morgan fingerprint density at radius 2 is 1.82 bits per heavy atom. The second kappa shape index (κ2) is 8.74. The van der Waals surface area contributed by atoms with Crippen molar-refractivity contribution in [1.82, 2.24) is 9.88 Å². The molecule has 5 heteroatoms. The number of methoxy groups -OCH3 is 1. The van der Waals surface area contributed by atoms with Gasteiger partial charge in [0.25, 0.3) is 5.56 Å². The van der Waals surface area contributed by atoms with Crippen LogP contribution in [0.3, 0.4) is 0 Å². The summed E-state index contributed by atoms with van der Waals surface area (Å²) in [7, 11) is 3.45. The number of amides is 1. The minimum atomic E-state index is -0.119. The number of nitrogens with one attached hydrogen (secondary N) is 1. The monoisotopic (exact) mass is 378 g/mol. The van der Waals surface area contributed by atoms with Crippen LogP contribution in [0.1, 0.15) is 23.1 Å². The summed E-state index contributed by atoms with van der Waals surface area (Å²) in [4.78, 5) is 29.4. The van der Waals surface area contributed by atoms with Crippen molar-refractivity contribution in [2.45, 2.75) is 26.2 Å². The number of likely N-dealkylation sites (N-methyl/N-ethyl adjacent to an activating group) is 1. The van der Waals surface area contributed by atoms with Gasteiger partial charge < -0.3 is 14.6 Å². The van der Waals surface area contributed by atoms with Crippen molar-refractivity contribution in [1.29, 1.82) is 0 Å². The Bertz CT molecular complexity index is 1020. The van der Waals surface area contributed by atoms with Crippen molar-refractivity contribution in [2.75, 3.05) is 20.7 Å². The van der Waals surface area contributed by atoms with Crippen LogP contribution in [0.15, 0.2) is 53.3 Å². The smallest absolute Gasteiger partial charge is 0.251 e. The van der Waals surface area contributed by atoms with Crippen LogP contribution in [0, 0.1) is 6.92 Å². The normalized spacial score (nSPS) is 10.8. The molecule has 0 saturated carbocycles. The molecule has 0 aliphatic rings. The van der Waals surface area contributed by atoms with E-state index in [0.29, 0.717) is 24.9 Å². The molecule has 146 valence electrons. The molecule has 0 fully saturated rings. The van der Waals surface area contributed by atoms with Crippen molar-refractivity contribution >= 4 is 16.8 Å². The molecular formula is C23H26N2O3. The number of hydrogen-bond acceptors (Lipinski definition) is 3. The molecule has 0 radical (unpaired) electrons. The number of H-pyrrole nitrogens is 1. The fourth-order valence-corrected chi connectivity index (χ4v) is 3.19. The van der Waals surface area contributed by atoms with E-state index in [2.05, 4.69) is 4.98 Å². The summed E-state index contributed by atoms with van der Waals surface area (Å²) in [5, 5.41) is 0.987. The Labute approximate surface area is 165 Å². The van der Waals surface area contributed by atoms with E-state index in [0.717, 1.165) is 34.2 Å². The summed E-state index contributed by atoms with van der Waals surface area (Å²) >= 11 is 0. The van der Waals surface area contributed by atoms with Gasteiger partial charge in [-0.2, -0.15) is 0 Å². The fraction of sp³-hybridized carbons (Fsp3) is 0.304. The van der Waals surface area contributed by atoms with Gasteiger partial charge in [-0.3, -0.25) is 9.59 Å². The Kier molecular flexibility index (Phi) is 6.14. The summed E-state index contributed by atoms with van der Waals surface area (Å²) in [5.74, 6) is 0.862. The summed E-state index contributed by atoms with van der Waals surface area (Å²) < 4.78 is 5.16. The highest BCUT2D eigenvalue weighted by Crippen LogP contribution is 2.14. The zero-order valence-corrected chi connectivity index (χ0v) is 16.6. The van der Waals surface area contributed by atoms with Crippen LogP contribution in [0.5, 0.6) is 5.75 Å². The summed E-state index contributed by atoms with van der Waals surface area (Å²) in [5.41, 5.74) is 3.61.